The third kappa shape index (κ3) is 2.47. The number of nitrogens with two attached hydrogens (primary N) is 2. The lowest BCUT2D eigenvalue weighted by Gasteiger charge is -2.07. The predicted molar refractivity (Wildman–Crippen MR) is 75.3 cm³/mol. The number of halogens is 2. The number of anilines is 1. The van der Waals surface area contributed by atoms with Crippen LogP contribution < -0.4 is 11.5 Å². The van der Waals surface area contributed by atoms with Gasteiger partial charge in [0.05, 0.1) is 10.6 Å². The standard InChI is InChI=1S/C12H9BrClN3O/c13-7-4-9(11(15)17-5-7)6-1-2-8(12(16)18)10(14)3-6/h1-5H,(H2,15,17)(H2,16,18). The number of amides is 1. The first-order valence-electron chi connectivity index (χ1n) is 5.00. The van der Waals surface area contributed by atoms with Crippen molar-refractivity contribution in [3.63, 3.8) is 0 Å². The molecule has 4 nitrogen and oxygen atoms in total. The number of nitrogen functional groups attached to an aromatic ring is 1. The molecule has 0 saturated carbocycles. The molecule has 1 aromatic carbocycles. The highest BCUT2D eigenvalue weighted by atomic mass is 79.9. The zero-order valence-electron chi connectivity index (χ0n) is 9.15. The normalized spacial score (nSPS) is 10.3. The van der Waals surface area contributed by atoms with Gasteiger partial charge < -0.3 is 11.5 Å². The number of hydrogen-bond acceptors (Lipinski definition) is 3. The number of rotatable bonds is 2. The van der Waals surface area contributed by atoms with E-state index >= 15 is 0 Å². The average Bonchev–Trinajstić information content (AvgIpc) is 2.31. The van der Waals surface area contributed by atoms with Gasteiger partial charge in [0.1, 0.15) is 5.82 Å². The number of benzene rings is 1. The van der Waals surface area contributed by atoms with Crippen molar-refractivity contribution in [3.05, 3.63) is 45.5 Å². The zero-order chi connectivity index (χ0) is 13.3. The van der Waals surface area contributed by atoms with Crippen LogP contribution in [-0.4, -0.2) is 10.9 Å². The van der Waals surface area contributed by atoms with Crippen molar-refractivity contribution in [2.24, 2.45) is 5.73 Å². The minimum Gasteiger partial charge on any atom is -0.383 e. The minimum atomic E-state index is -0.563. The minimum absolute atomic E-state index is 0.280. The van der Waals surface area contributed by atoms with Crippen molar-refractivity contribution >= 4 is 39.3 Å². The van der Waals surface area contributed by atoms with E-state index in [4.69, 9.17) is 23.1 Å². The van der Waals surface area contributed by atoms with Crippen molar-refractivity contribution in [3.8, 4) is 11.1 Å². The monoisotopic (exact) mass is 325 g/mol. The van der Waals surface area contributed by atoms with Crippen LogP contribution in [0.15, 0.2) is 34.9 Å². The van der Waals surface area contributed by atoms with Crippen LogP contribution in [0.4, 0.5) is 5.82 Å². The highest BCUT2D eigenvalue weighted by molar-refractivity contribution is 9.10. The van der Waals surface area contributed by atoms with Crippen LogP contribution in [0.5, 0.6) is 0 Å². The van der Waals surface area contributed by atoms with Gasteiger partial charge >= 0.3 is 0 Å². The van der Waals surface area contributed by atoms with E-state index in [1.54, 1.807) is 24.4 Å². The van der Waals surface area contributed by atoms with E-state index in [2.05, 4.69) is 20.9 Å². The summed E-state index contributed by atoms with van der Waals surface area (Å²) in [5, 5.41) is 0.291. The van der Waals surface area contributed by atoms with E-state index in [1.807, 2.05) is 6.07 Å². The summed E-state index contributed by atoms with van der Waals surface area (Å²) < 4.78 is 0.807. The number of nitrogens with zero attached hydrogens (tertiary/aromatic N) is 1. The molecular weight excluding hydrogens is 318 g/mol. The predicted octanol–water partition coefficient (Wildman–Crippen LogP) is 2.85. The Bertz CT molecular complexity index is 631. The Hall–Kier alpha value is -1.59. The van der Waals surface area contributed by atoms with Crippen LogP contribution in [0.3, 0.4) is 0 Å². The average molecular weight is 327 g/mol. The first-order chi connectivity index (χ1) is 8.49. The number of aromatic nitrogens is 1. The molecule has 6 heteroatoms. The van der Waals surface area contributed by atoms with Gasteiger partial charge in [-0.2, -0.15) is 0 Å². The summed E-state index contributed by atoms with van der Waals surface area (Å²) in [6.07, 6.45) is 1.61. The van der Waals surface area contributed by atoms with Crippen LogP contribution >= 0.6 is 27.5 Å². The van der Waals surface area contributed by atoms with E-state index in [0.717, 1.165) is 15.6 Å². The van der Waals surface area contributed by atoms with E-state index < -0.39 is 5.91 Å². The zero-order valence-corrected chi connectivity index (χ0v) is 11.5. The van der Waals surface area contributed by atoms with Gasteiger partial charge in [-0.1, -0.05) is 17.7 Å². The molecule has 92 valence electrons. The summed E-state index contributed by atoms with van der Waals surface area (Å²) in [4.78, 5) is 15.1. The fraction of sp³-hybridized carbons (Fsp3) is 0. The second-order valence-corrected chi connectivity index (χ2v) is 4.97. The first kappa shape index (κ1) is 12.9. The topological polar surface area (TPSA) is 82.0 Å². The SMILES string of the molecule is NC(=O)c1ccc(-c2cc(Br)cnc2N)cc1Cl. The Balaban J connectivity index is 2.55. The fourth-order valence-corrected chi connectivity index (χ4v) is 2.17. The molecule has 0 aliphatic heterocycles. The molecule has 0 saturated heterocycles. The van der Waals surface area contributed by atoms with Gasteiger partial charge in [-0.3, -0.25) is 4.79 Å². The van der Waals surface area contributed by atoms with E-state index in [-0.39, 0.29) is 5.56 Å². The second kappa shape index (κ2) is 4.96. The Labute approximate surface area is 117 Å². The molecule has 4 N–H and O–H groups in total. The highest BCUT2D eigenvalue weighted by Crippen LogP contribution is 2.30. The Morgan fingerprint density at radius 2 is 2.06 bits per heavy atom. The lowest BCUT2D eigenvalue weighted by Crippen LogP contribution is -2.11. The molecule has 0 bridgehead atoms. The smallest absolute Gasteiger partial charge is 0.250 e. The molecule has 0 atom stereocenters. The summed E-state index contributed by atoms with van der Waals surface area (Å²) in [5.41, 5.74) is 12.8. The molecule has 0 fully saturated rings. The van der Waals surface area contributed by atoms with Crippen LogP contribution in [-0.2, 0) is 0 Å². The van der Waals surface area contributed by atoms with Gasteiger partial charge in [-0.25, -0.2) is 4.98 Å². The fourth-order valence-electron chi connectivity index (χ4n) is 1.56. The van der Waals surface area contributed by atoms with Gasteiger partial charge in [0.15, 0.2) is 0 Å². The molecule has 18 heavy (non-hydrogen) atoms. The first-order valence-corrected chi connectivity index (χ1v) is 6.17. The van der Waals surface area contributed by atoms with Crippen molar-refractivity contribution in [1.29, 1.82) is 0 Å². The van der Waals surface area contributed by atoms with Gasteiger partial charge in [0.25, 0.3) is 0 Å². The summed E-state index contributed by atoms with van der Waals surface area (Å²) in [6, 6.07) is 6.77. The van der Waals surface area contributed by atoms with E-state index in [0.29, 0.717) is 10.8 Å². The summed E-state index contributed by atoms with van der Waals surface area (Å²) in [6.45, 7) is 0. The maximum Gasteiger partial charge on any atom is 0.250 e. The molecule has 0 radical (unpaired) electrons. The van der Waals surface area contributed by atoms with Crippen molar-refractivity contribution in [1.82, 2.24) is 4.98 Å². The molecule has 0 spiro atoms. The van der Waals surface area contributed by atoms with Gasteiger partial charge in [-0.15, -0.1) is 0 Å². The molecule has 0 unspecified atom stereocenters. The Kier molecular flexibility index (Phi) is 3.54. The largest absolute Gasteiger partial charge is 0.383 e. The molecule has 1 aromatic heterocycles. The maximum absolute atomic E-state index is 11.1. The maximum atomic E-state index is 11.1. The summed E-state index contributed by atoms with van der Waals surface area (Å²) >= 11 is 9.32. The van der Waals surface area contributed by atoms with Crippen molar-refractivity contribution in [2.45, 2.75) is 0 Å². The molecule has 0 aliphatic carbocycles. The Morgan fingerprint density at radius 3 is 2.67 bits per heavy atom. The molecule has 2 rings (SSSR count). The lowest BCUT2D eigenvalue weighted by molar-refractivity contribution is 0.100. The molecule has 1 amide bonds. The molecule has 1 heterocycles. The number of pyridine rings is 1. The van der Waals surface area contributed by atoms with Gasteiger partial charge in [0, 0.05) is 16.2 Å². The van der Waals surface area contributed by atoms with Gasteiger partial charge in [-0.05, 0) is 39.7 Å². The number of carbonyl (C=O) groups is 1. The van der Waals surface area contributed by atoms with Crippen LogP contribution in [0.1, 0.15) is 10.4 Å². The summed E-state index contributed by atoms with van der Waals surface area (Å²) in [7, 11) is 0. The Morgan fingerprint density at radius 1 is 1.33 bits per heavy atom. The third-order valence-corrected chi connectivity index (χ3v) is 3.18. The van der Waals surface area contributed by atoms with E-state index in [1.165, 1.54) is 0 Å². The quantitative estimate of drug-likeness (QED) is 0.890. The van der Waals surface area contributed by atoms with Crippen LogP contribution in [0.25, 0.3) is 11.1 Å². The molecule has 0 aliphatic rings. The number of primary amides is 1. The van der Waals surface area contributed by atoms with Crippen LogP contribution in [0.2, 0.25) is 5.02 Å². The van der Waals surface area contributed by atoms with Gasteiger partial charge in [0.2, 0.25) is 5.91 Å². The van der Waals surface area contributed by atoms with Crippen molar-refractivity contribution < 1.29 is 4.79 Å². The highest BCUT2D eigenvalue weighted by Gasteiger charge is 2.10. The number of carbonyl (C=O) groups excluding carboxylic acids is 1. The van der Waals surface area contributed by atoms with E-state index in [9.17, 15) is 4.79 Å². The van der Waals surface area contributed by atoms with Crippen LogP contribution in [0, 0.1) is 0 Å². The number of hydrogen-bond donors (Lipinski definition) is 2. The lowest BCUT2D eigenvalue weighted by atomic mass is 10.0. The summed E-state index contributed by atoms with van der Waals surface area (Å²) in [5.74, 6) is -0.173. The third-order valence-electron chi connectivity index (χ3n) is 2.43. The molecule has 2 aromatic rings. The van der Waals surface area contributed by atoms with Crippen molar-refractivity contribution in [2.75, 3.05) is 5.73 Å². The molecular formula is C12H9BrClN3O. The second-order valence-electron chi connectivity index (χ2n) is 3.65.